The molecule has 0 aliphatic heterocycles. The summed E-state index contributed by atoms with van der Waals surface area (Å²) in [7, 11) is 0. The third-order valence-electron chi connectivity index (χ3n) is 14.5. The van der Waals surface area contributed by atoms with E-state index in [0.29, 0.717) is 45.6 Å². The summed E-state index contributed by atoms with van der Waals surface area (Å²) >= 11 is 0. The second-order valence-corrected chi connectivity index (χ2v) is 21.5. The molecule has 0 radical (unpaired) electrons. The van der Waals surface area contributed by atoms with Crippen LogP contribution in [0.25, 0.3) is 0 Å². The Balaban J connectivity index is 4.45. The van der Waals surface area contributed by atoms with Gasteiger partial charge in [0.1, 0.15) is 0 Å². The van der Waals surface area contributed by atoms with E-state index in [9.17, 15) is 19.5 Å². The molecule has 71 heavy (non-hydrogen) atoms. The van der Waals surface area contributed by atoms with Crippen molar-refractivity contribution in [3.05, 3.63) is 0 Å². The largest absolute Gasteiger partial charge is 0.466 e. The van der Waals surface area contributed by atoms with Crippen molar-refractivity contribution in [3.8, 4) is 0 Å². The summed E-state index contributed by atoms with van der Waals surface area (Å²) in [6.07, 6.45) is 53.6. The Morgan fingerprint density at radius 1 is 0.268 bits per heavy atom. The molecule has 1 N–H and O–H groups in total. The van der Waals surface area contributed by atoms with Gasteiger partial charge in [-0.25, -0.2) is 0 Å². The molecule has 0 aliphatic carbocycles. The molecule has 0 fully saturated rings. The molecule has 0 amide bonds. The van der Waals surface area contributed by atoms with Crippen molar-refractivity contribution in [3.63, 3.8) is 0 Å². The summed E-state index contributed by atoms with van der Waals surface area (Å²) in [6, 6.07) is 0. The van der Waals surface area contributed by atoms with Crippen LogP contribution in [0.3, 0.4) is 0 Å². The van der Waals surface area contributed by atoms with Crippen LogP contribution in [0.15, 0.2) is 0 Å². The average molecular weight is 1010 g/mol. The zero-order valence-electron chi connectivity index (χ0n) is 47.9. The van der Waals surface area contributed by atoms with Crippen molar-refractivity contribution in [2.45, 2.75) is 316 Å². The van der Waals surface area contributed by atoms with Gasteiger partial charge in [-0.2, -0.15) is 0 Å². The van der Waals surface area contributed by atoms with Crippen molar-refractivity contribution in [2.24, 2.45) is 0 Å². The van der Waals surface area contributed by atoms with E-state index in [1.165, 1.54) is 154 Å². The second kappa shape index (κ2) is 59.2. The van der Waals surface area contributed by atoms with Gasteiger partial charge in [0.2, 0.25) is 0 Å². The quantitative estimate of drug-likeness (QED) is 0.0362. The van der Waals surface area contributed by atoms with Crippen LogP contribution in [-0.4, -0.2) is 98.5 Å². The Labute approximate surface area is 441 Å². The van der Waals surface area contributed by atoms with Crippen molar-refractivity contribution in [2.75, 3.05) is 65.7 Å². The number of carbonyl (C=O) groups is 3. The predicted octanol–water partition coefficient (Wildman–Crippen LogP) is 17.2. The Bertz CT molecular complexity index is 1040. The lowest BCUT2D eigenvalue weighted by atomic mass is 10.1. The van der Waals surface area contributed by atoms with E-state index < -0.39 is 0 Å². The van der Waals surface area contributed by atoms with Gasteiger partial charge in [-0.05, 0) is 96.9 Å². The maximum absolute atomic E-state index is 12.4. The van der Waals surface area contributed by atoms with Crippen molar-refractivity contribution in [1.82, 2.24) is 9.80 Å². The first kappa shape index (κ1) is 69.3. The minimum Gasteiger partial charge on any atom is -0.466 e. The molecule has 0 bridgehead atoms. The summed E-state index contributed by atoms with van der Waals surface area (Å²) in [4.78, 5) is 42.0. The Kier molecular flexibility index (Phi) is 57.7. The summed E-state index contributed by atoms with van der Waals surface area (Å²) in [5.41, 5.74) is 0. The van der Waals surface area contributed by atoms with E-state index in [-0.39, 0.29) is 24.5 Å². The molecule has 0 unspecified atom stereocenters. The minimum absolute atomic E-state index is 0.0351. The summed E-state index contributed by atoms with van der Waals surface area (Å²) < 4.78 is 16.6. The van der Waals surface area contributed by atoms with Crippen LogP contribution in [-0.2, 0) is 28.6 Å². The maximum Gasteiger partial charge on any atom is 0.305 e. The number of nitrogens with zero attached hydrogens (tertiary/aromatic N) is 2. The number of aliphatic hydroxyl groups excluding tert-OH is 1. The molecule has 0 rings (SSSR count). The first-order chi connectivity index (χ1) is 35.0. The van der Waals surface area contributed by atoms with E-state index in [0.717, 1.165) is 155 Å². The van der Waals surface area contributed by atoms with E-state index >= 15 is 0 Å². The smallest absolute Gasteiger partial charge is 0.305 e. The normalized spacial score (nSPS) is 11.6. The molecular weight excluding hydrogens is 885 g/mol. The highest BCUT2D eigenvalue weighted by molar-refractivity contribution is 5.69. The first-order valence-electron chi connectivity index (χ1n) is 31.5. The molecule has 0 aromatic heterocycles. The molecule has 0 atom stereocenters. The monoisotopic (exact) mass is 1010 g/mol. The second-order valence-electron chi connectivity index (χ2n) is 21.5. The summed E-state index contributed by atoms with van der Waals surface area (Å²) in [6.45, 7) is 14.5. The molecule has 0 spiro atoms. The van der Waals surface area contributed by atoms with Gasteiger partial charge in [0.25, 0.3) is 0 Å². The molecule has 0 aromatic rings. The van der Waals surface area contributed by atoms with Crippen LogP contribution in [0, 0.1) is 0 Å². The standard InChI is InChI=1S/C62H122N2O7/c1-4-7-10-13-16-19-22-25-34-43-57-69-60(66)47-37-28-31-40-50-63(51-41-32-29-38-48-61(67)70-58-44-35-26-23-20-17-14-11-8-5-2)53-46-54-64(55-56-65)52-42-33-30-39-49-62(68)71-59-45-36-27-24-21-18-15-12-9-6-3/h65H,4-59H2,1-3H3. The van der Waals surface area contributed by atoms with Crippen LogP contribution in [0.2, 0.25) is 0 Å². The highest BCUT2D eigenvalue weighted by atomic mass is 16.5. The van der Waals surface area contributed by atoms with Crippen LogP contribution in [0.5, 0.6) is 0 Å². The van der Waals surface area contributed by atoms with Gasteiger partial charge in [-0.1, -0.05) is 233 Å². The van der Waals surface area contributed by atoms with E-state index in [1.807, 2.05) is 0 Å². The fourth-order valence-corrected chi connectivity index (χ4v) is 9.75. The number of unbranched alkanes of at least 4 members (excludes halogenated alkanes) is 36. The van der Waals surface area contributed by atoms with Gasteiger partial charge in [0.15, 0.2) is 0 Å². The Morgan fingerprint density at radius 2 is 0.479 bits per heavy atom. The van der Waals surface area contributed by atoms with Gasteiger partial charge in [-0.15, -0.1) is 0 Å². The summed E-state index contributed by atoms with van der Waals surface area (Å²) in [5, 5.41) is 9.84. The first-order valence-corrected chi connectivity index (χ1v) is 31.5. The number of esters is 3. The third-order valence-corrected chi connectivity index (χ3v) is 14.5. The van der Waals surface area contributed by atoms with Gasteiger partial charge in [0, 0.05) is 25.8 Å². The zero-order chi connectivity index (χ0) is 51.6. The van der Waals surface area contributed by atoms with Gasteiger partial charge < -0.3 is 29.1 Å². The summed E-state index contributed by atoms with van der Waals surface area (Å²) in [5.74, 6) is -0.115. The molecule has 422 valence electrons. The number of carbonyl (C=O) groups excluding carboxylic acids is 3. The number of ether oxygens (including phenoxy) is 3. The number of rotatable bonds is 60. The minimum atomic E-state index is -0.0446. The Morgan fingerprint density at radius 3 is 0.746 bits per heavy atom. The lowest BCUT2D eigenvalue weighted by molar-refractivity contribution is -0.144. The molecule has 0 aliphatic rings. The SMILES string of the molecule is CCCCCCCCCCCCOC(=O)CCCCCCN(CCO)CCCN(CCCCCCC(=O)OCCCCCCCCCCCC)CCCCCCC(=O)OCCCCCCCCCCCC. The number of hydrogen-bond acceptors (Lipinski definition) is 9. The fourth-order valence-electron chi connectivity index (χ4n) is 9.75. The Hall–Kier alpha value is -1.71. The van der Waals surface area contributed by atoms with Crippen LogP contribution < -0.4 is 0 Å². The molecule has 9 nitrogen and oxygen atoms in total. The van der Waals surface area contributed by atoms with Crippen molar-refractivity contribution >= 4 is 17.9 Å². The van der Waals surface area contributed by atoms with Crippen LogP contribution in [0.4, 0.5) is 0 Å². The zero-order valence-corrected chi connectivity index (χ0v) is 47.9. The molecule has 0 saturated heterocycles. The molecule has 0 saturated carbocycles. The van der Waals surface area contributed by atoms with Gasteiger partial charge in [0.05, 0.1) is 26.4 Å². The van der Waals surface area contributed by atoms with Crippen LogP contribution in [0.1, 0.15) is 316 Å². The molecule has 0 aromatic carbocycles. The highest BCUT2D eigenvalue weighted by Gasteiger charge is 2.11. The highest BCUT2D eigenvalue weighted by Crippen LogP contribution is 2.15. The topological polar surface area (TPSA) is 106 Å². The fraction of sp³-hybridized carbons (Fsp3) is 0.952. The lowest BCUT2D eigenvalue weighted by Crippen LogP contribution is -2.33. The molecule has 0 heterocycles. The molecular formula is C62H122N2O7. The van der Waals surface area contributed by atoms with Gasteiger partial charge in [-0.3, -0.25) is 14.4 Å². The predicted molar refractivity (Wildman–Crippen MR) is 302 cm³/mol. The third kappa shape index (κ3) is 55.9. The van der Waals surface area contributed by atoms with Crippen LogP contribution >= 0.6 is 0 Å². The molecule has 9 heteroatoms. The number of aliphatic hydroxyl groups is 1. The lowest BCUT2D eigenvalue weighted by Gasteiger charge is -2.26. The maximum atomic E-state index is 12.4. The van der Waals surface area contributed by atoms with Crippen molar-refractivity contribution in [1.29, 1.82) is 0 Å². The van der Waals surface area contributed by atoms with E-state index in [1.54, 1.807) is 0 Å². The van der Waals surface area contributed by atoms with E-state index in [2.05, 4.69) is 30.6 Å². The average Bonchev–Trinajstić information content (AvgIpc) is 3.36. The van der Waals surface area contributed by atoms with Crippen molar-refractivity contribution < 1.29 is 33.7 Å². The van der Waals surface area contributed by atoms with E-state index in [4.69, 9.17) is 14.2 Å². The van der Waals surface area contributed by atoms with Gasteiger partial charge >= 0.3 is 17.9 Å². The number of hydrogen-bond donors (Lipinski definition) is 1.